The number of aromatic nitrogens is 1. The molecule has 0 spiro atoms. The summed E-state index contributed by atoms with van der Waals surface area (Å²) >= 11 is -1.92. The predicted octanol–water partition coefficient (Wildman–Crippen LogP) is 2.75. The topological polar surface area (TPSA) is 12.9 Å². The molecule has 0 saturated heterocycles. The summed E-state index contributed by atoms with van der Waals surface area (Å²) in [4.78, 5) is 11.8. The average Bonchev–Trinajstić information content (AvgIpc) is 2.03. The van der Waals surface area contributed by atoms with Crippen molar-refractivity contribution in [3.05, 3.63) is 24.0 Å². The van der Waals surface area contributed by atoms with Crippen molar-refractivity contribution in [1.29, 1.82) is 0 Å². The van der Waals surface area contributed by atoms with Crippen molar-refractivity contribution in [1.82, 2.24) is 4.98 Å². The van der Waals surface area contributed by atoms with Crippen molar-refractivity contribution in [2.24, 2.45) is 0 Å². The van der Waals surface area contributed by atoms with Crippen LogP contribution in [0.2, 0.25) is 14.8 Å². The Balaban J connectivity index is 3.20. The first-order valence-electron chi connectivity index (χ1n) is 4.88. The maximum atomic E-state index is 4.50. The molecule has 0 fully saturated rings. The molecular formula is C11H19NSn. The van der Waals surface area contributed by atoms with Gasteiger partial charge < -0.3 is 0 Å². The molecule has 0 saturated carbocycles. The fraction of sp³-hybridized carbons (Fsp3) is 0.545. The van der Waals surface area contributed by atoms with E-state index in [2.05, 4.69) is 45.8 Å². The summed E-state index contributed by atoms with van der Waals surface area (Å²) in [5.41, 5.74) is 1.32. The molecule has 0 radical (unpaired) electrons. The van der Waals surface area contributed by atoms with Gasteiger partial charge in [0, 0.05) is 0 Å². The molecule has 0 N–H and O–H groups in total. The van der Waals surface area contributed by atoms with Gasteiger partial charge >= 0.3 is 85.5 Å². The molecule has 1 heterocycles. The first kappa shape index (κ1) is 11.0. The van der Waals surface area contributed by atoms with Gasteiger partial charge in [-0.2, -0.15) is 0 Å². The van der Waals surface area contributed by atoms with Crippen LogP contribution in [0.4, 0.5) is 0 Å². The van der Waals surface area contributed by atoms with Gasteiger partial charge in [0.2, 0.25) is 0 Å². The summed E-state index contributed by atoms with van der Waals surface area (Å²) in [7, 11) is 0. The van der Waals surface area contributed by atoms with Crippen molar-refractivity contribution in [2.75, 3.05) is 0 Å². The summed E-state index contributed by atoms with van der Waals surface area (Å²) in [5, 5.41) is 0. The van der Waals surface area contributed by atoms with Gasteiger partial charge in [-0.15, -0.1) is 0 Å². The van der Waals surface area contributed by atoms with Crippen molar-refractivity contribution in [2.45, 2.75) is 34.6 Å². The third kappa shape index (κ3) is 2.69. The van der Waals surface area contributed by atoms with E-state index in [-0.39, 0.29) is 0 Å². The molecule has 72 valence electrons. The van der Waals surface area contributed by atoms with E-state index in [4.69, 9.17) is 0 Å². The molecule has 0 atom stereocenters. The van der Waals surface area contributed by atoms with E-state index in [0.717, 1.165) is 0 Å². The molecule has 0 aromatic carbocycles. The van der Waals surface area contributed by atoms with E-state index >= 15 is 0 Å². The number of rotatable bonds is 2. The standard InChI is InChI=1S/C8H10N.3CH3.Sn/c1-7(2)8-5-3-4-6-9-8;;;;/h3-4,6-7H,1-2H3;3*1H3;. The zero-order valence-corrected chi connectivity index (χ0v) is 12.1. The molecule has 0 aliphatic heterocycles. The van der Waals surface area contributed by atoms with Gasteiger partial charge in [-0.3, -0.25) is 0 Å². The molecule has 0 unspecified atom stereocenters. The molecule has 1 rings (SSSR count). The molecule has 1 nitrogen and oxygen atoms in total. The van der Waals surface area contributed by atoms with Gasteiger partial charge in [-0.25, -0.2) is 0 Å². The SMILES string of the molecule is CC(C)c1nccc[c]1[Sn]([CH3])([CH3])[CH3]. The monoisotopic (exact) mass is 285 g/mol. The summed E-state index contributed by atoms with van der Waals surface area (Å²) < 4.78 is 1.58. The Bertz CT molecular complexity index is 286. The van der Waals surface area contributed by atoms with E-state index in [1.54, 1.807) is 3.58 Å². The van der Waals surface area contributed by atoms with Crippen LogP contribution in [0.15, 0.2) is 18.3 Å². The van der Waals surface area contributed by atoms with E-state index in [9.17, 15) is 0 Å². The first-order chi connectivity index (χ1) is 5.93. The van der Waals surface area contributed by atoms with Crippen LogP contribution in [0.25, 0.3) is 0 Å². The van der Waals surface area contributed by atoms with Crippen LogP contribution in [0.1, 0.15) is 25.5 Å². The second kappa shape index (κ2) is 3.99. The third-order valence-corrected chi connectivity index (χ3v) is 8.01. The second-order valence-electron chi connectivity index (χ2n) is 4.84. The Morgan fingerprint density at radius 2 is 1.85 bits per heavy atom. The van der Waals surface area contributed by atoms with Crippen molar-refractivity contribution < 1.29 is 0 Å². The Kier molecular flexibility index (Phi) is 3.38. The summed E-state index contributed by atoms with van der Waals surface area (Å²) in [6.45, 7) is 4.45. The molecule has 2 heteroatoms. The van der Waals surface area contributed by atoms with Gasteiger partial charge in [0.1, 0.15) is 0 Å². The van der Waals surface area contributed by atoms with Crippen LogP contribution < -0.4 is 3.58 Å². The van der Waals surface area contributed by atoms with Crippen LogP contribution in [-0.4, -0.2) is 23.4 Å². The summed E-state index contributed by atoms with van der Waals surface area (Å²) in [6, 6.07) is 4.35. The predicted molar refractivity (Wildman–Crippen MR) is 61.3 cm³/mol. The van der Waals surface area contributed by atoms with E-state index in [1.807, 2.05) is 6.20 Å². The van der Waals surface area contributed by atoms with E-state index in [0.29, 0.717) is 5.92 Å². The van der Waals surface area contributed by atoms with Gasteiger partial charge in [0.15, 0.2) is 0 Å². The minimum absolute atomic E-state index is 0.562. The number of hydrogen-bond acceptors (Lipinski definition) is 1. The Morgan fingerprint density at radius 1 is 1.23 bits per heavy atom. The van der Waals surface area contributed by atoms with Crippen LogP contribution in [0, 0.1) is 0 Å². The zero-order chi connectivity index (χ0) is 10.1. The number of nitrogens with zero attached hydrogens (tertiary/aromatic N) is 1. The Labute approximate surface area is 85.5 Å². The quantitative estimate of drug-likeness (QED) is 0.761. The Hall–Kier alpha value is -0.0513. The average molecular weight is 284 g/mol. The number of hydrogen-bond donors (Lipinski definition) is 0. The normalized spacial score (nSPS) is 12.2. The molecule has 1 aromatic rings. The van der Waals surface area contributed by atoms with Gasteiger partial charge in [0.05, 0.1) is 0 Å². The fourth-order valence-electron chi connectivity index (χ4n) is 1.51. The molecule has 1 aromatic heterocycles. The van der Waals surface area contributed by atoms with Crippen molar-refractivity contribution in [3.63, 3.8) is 0 Å². The summed E-state index contributed by atoms with van der Waals surface area (Å²) in [6.07, 6.45) is 1.91. The van der Waals surface area contributed by atoms with Crippen molar-refractivity contribution in [3.8, 4) is 0 Å². The van der Waals surface area contributed by atoms with Crippen LogP contribution in [0.3, 0.4) is 0 Å². The second-order valence-corrected chi connectivity index (χ2v) is 19.2. The Morgan fingerprint density at radius 3 is 2.23 bits per heavy atom. The van der Waals surface area contributed by atoms with E-state index in [1.165, 1.54) is 5.69 Å². The van der Waals surface area contributed by atoms with Crippen molar-refractivity contribution >= 4 is 22.0 Å². The molecule has 0 bridgehead atoms. The molecule has 0 aliphatic carbocycles. The fourth-order valence-corrected chi connectivity index (χ4v) is 6.41. The van der Waals surface area contributed by atoms with Gasteiger partial charge in [-0.1, -0.05) is 0 Å². The minimum atomic E-state index is -1.92. The first-order valence-corrected chi connectivity index (χ1v) is 14.9. The summed E-state index contributed by atoms with van der Waals surface area (Å²) in [5.74, 6) is 0.562. The van der Waals surface area contributed by atoms with Crippen LogP contribution >= 0.6 is 0 Å². The van der Waals surface area contributed by atoms with E-state index < -0.39 is 18.4 Å². The zero-order valence-electron chi connectivity index (χ0n) is 9.26. The number of pyridine rings is 1. The van der Waals surface area contributed by atoms with Gasteiger partial charge in [0.25, 0.3) is 0 Å². The van der Waals surface area contributed by atoms with Crippen LogP contribution in [-0.2, 0) is 0 Å². The maximum absolute atomic E-state index is 4.50. The molecule has 0 amide bonds. The van der Waals surface area contributed by atoms with Gasteiger partial charge in [-0.05, 0) is 0 Å². The third-order valence-electron chi connectivity index (χ3n) is 2.19. The molecular weight excluding hydrogens is 265 g/mol. The molecule has 13 heavy (non-hydrogen) atoms. The molecule has 0 aliphatic rings. The van der Waals surface area contributed by atoms with Crippen LogP contribution in [0.5, 0.6) is 0 Å².